The van der Waals surface area contributed by atoms with Gasteiger partial charge in [0.15, 0.2) is 0 Å². The first-order valence-electron chi connectivity index (χ1n) is 4.61. The molecule has 1 aliphatic rings. The molecule has 1 unspecified atom stereocenters. The maximum absolute atomic E-state index is 11.1. The van der Waals surface area contributed by atoms with Crippen LogP contribution in [0.5, 0.6) is 0 Å². The molecule has 0 heterocycles. The molecule has 0 aromatic heterocycles. The summed E-state index contributed by atoms with van der Waals surface area (Å²) in [5.74, 6) is -0.171. The summed E-state index contributed by atoms with van der Waals surface area (Å²) in [7, 11) is 0. The molecule has 13 heavy (non-hydrogen) atoms. The molecule has 0 bridgehead atoms. The summed E-state index contributed by atoms with van der Waals surface area (Å²) in [6.07, 6.45) is 4.68. The van der Waals surface area contributed by atoms with Gasteiger partial charge in [0.1, 0.15) is 0 Å². The Labute approximate surface area is 83.4 Å². The number of rotatable bonds is 5. The van der Waals surface area contributed by atoms with E-state index in [-0.39, 0.29) is 16.8 Å². The van der Waals surface area contributed by atoms with Crippen molar-refractivity contribution in [1.82, 2.24) is 0 Å². The Morgan fingerprint density at radius 3 is 2.69 bits per heavy atom. The van der Waals surface area contributed by atoms with Crippen LogP contribution in [0.25, 0.3) is 0 Å². The van der Waals surface area contributed by atoms with Crippen molar-refractivity contribution in [3.05, 3.63) is 0 Å². The van der Waals surface area contributed by atoms with Gasteiger partial charge in [-0.25, -0.2) is 0 Å². The normalized spacial score (nSPS) is 20.8. The third kappa shape index (κ3) is 2.61. The Kier molecular flexibility index (Phi) is 3.62. The third-order valence-electron chi connectivity index (χ3n) is 2.52. The summed E-state index contributed by atoms with van der Waals surface area (Å²) in [6, 6.07) is -0.0402. The van der Waals surface area contributed by atoms with Gasteiger partial charge in [-0.1, -0.05) is 0 Å². The lowest BCUT2D eigenvalue weighted by atomic mass is 10.1. The Bertz CT molecular complexity index is 192. The van der Waals surface area contributed by atoms with Crippen molar-refractivity contribution in [2.75, 3.05) is 12.9 Å². The maximum atomic E-state index is 11.1. The monoisotopic (exact) mass is 203 g/mol. The van der Waals surface area contributed by atoms with E-state index in [2.05, 4.69) is 6.26 Å². The van der Waals surface area contributed by atoms with Crippen molar-refractivity contribution in [2.24, 2.45) is 5.73 Å². The topological polar surface area (TPSA) is 52.3 Å². The maximum Gasteiger partial charge on any atom is 0.307 e. The second-order valence-electron chi connectivity index (χ2n) is 3.38. The molecule has 1 aliphatic carbocycles. The van der Waals surface area contributed by atoms with E-state index in [1.807, 2.05) is 6.92 Å². The zero-order chi connectivity index (χ0) is 9.90. The molecule has 0 spiro atoms. The van der Waals surface area contributed by atoms with Gasteiger partial charge in [0.25, 0.3) is 0 Å². The zero-order valence-corrected chi connectivity index (χ0v) is 9.02. The molecule has 1 rings (SSSR count). The highest BCUT2D eigenvalue weighted by Crippen LogP contribution is 2.50. The quantitative estimate of drug-likeness (QED) is 0.681. The number of esters is 1. The number of nitrogens with two attached hydrogens (primary N) is 1. The van der Waals surface area contributed by atoms with E-state index in [0.29, 0.717) is 13.0 Å². The minimum Gasteiger partial charge on any atom is -0.466 e. The van der Waals surface area contributed by atoms with Gasteiger partial charge in [-0.3, -0.25) is 4.79 Å². The average Bonchev–Trinajstić information content (AvgIpc) is 2.84. The summed E-state index contributed by atoms with van der Waals surface area (Å²) in [6.45, 7) is 2.25. The minimum atomic E-state index is -0.171. The lowest BCUT2D eigenvalue weighted by molar-refractivity contribution is -0.143. The number of hydrogen-bond acceptors (Lipinski definition) is 4. The molecule has 2 N–H and O–H groups in total. The van der Waals surface area contributed by atoms with Gasteiger partial charge in [0, 0.05) is 10.8 Å². The summed E-state index contributed by atoms with van der Waals surface area (Å²) in [5, 5.41) is 0. The Balaban J connectivity index is 2.32. The summed E-state index contributed by atoms with van der Waals surface area (Å²) < 4.78 is 5.03. The van der Waals surface area contributed by atoms with E-state index in [9.17, 15) is 4.79 Å². The van der Waals surface area contributed by atoms with Gasteiger partial charge in [-0.15, -0.1) is 0 Å². The van der Waals surface area contributed by atoms with E-state index in [1.54, 1.807) is 11.8 Å². The number of ether oxygens (including phenoxy) is 1. The second kappa shape index (κ2) is 4.33. The molecular formula is C9H17NO2S. The number of hydrogen-bond donors (Lipinski definition) is 1. The highest BCUT2D eigenvalue weighted by Gasteiger charge is 2.47. The van der Waals surface area contributed by atoms with Gasteiger partial charge in [0.05, 0.1) is 13.0 Å². The zero-order valence-electron chi connectivity index (χ0n) is 8.21. The van der Waals surface area contributed by atoms with Gasteiger partial charge >= 0.3 is 5.97 Å². The van der Waals surface area contributed by atoms with Crippen molar-refractivity contribution >= 4 is 17.7 Å². The fraction of sp³-hybridized carbons (Fsp3) is 0.889. The van der Waals surface area contributed by atoms with Crippen LogP contribution in [-0.4, -0.2) is 29.6 Å². The van der Waals surface area contributed by atoms with Crippen LogP contribution in [0.4, 0.5) is 0 Å². The van der Waals surface area contributed by atoms with Gasteiger partial charge in [0.2, 0.25) is 0 Å². The molecule has 3 nitrogen and oxygen atoms in total. The smallest absolute Gasteiger partial charge is 0.307 e. The highest BCUT2D eigenvalue weighted by molar-refractivity contribution is 8.00. The second-order valence-corrected chi connectivity index (χ2v) is 4.61. The van der Waals surface area contributed by atoms with Gasteiger partial charge < -0.3 is 10.5 Å². The minimum absolute atomic E-state index is 0.0402. The Morgan fingerprint density at radius 1 is 1.69 bits per heavy atom. The molecule has 0 aromatic carbocycles. The molecule has 4 heteroatoms. The lowest BCUT2D eigenvalue weighted by Gasteiger charge is -2.19. The van der Waals surface area contributed by atoms with Crippen LogP contribution in [0.3, 0.4) is 0 Å². The van der Waals surface area contributed by atoms with Crippen molar-refractivity contribution < 1.29 is 9.53 Å². The first-order chi connectivity index (χ1) is 6.14. The summed E-state index contributed by atoms with van der Waals surface area (Å²) >= 11 is 1.77. The molecule has 0 radical (unpaired) electrons. The van der Waals surface area contributed by atoms with Crippen molar-refractivity contribution in [3.63, 3.8) is 0 Å². The van der Waals surface area contributed by atoms with Crippen LogP contribution >= 0.6 is 11.8 Å². The molecular weight excluding hydrogens is 186 g/mol. The van der Waals surface area contributed by atoms with Crippen LogP contribution < -0.4 is 5.73 Å². The Morgan fingerprint density at radius 2 is 2.31 bits per heavy atom. The molecule has 76 valence electrons. The molecule has 0 amide bonds. The number of carbonyl (C=O) groups is 1. The Hall–Kier alpha value is -0.220. The van der Waals surface area contributed by atoms with Crippen LogP contribution in [-0.2, 0) is 9.53 Å². The van der Waals surface area contributed by atoms with E-state index < -0.39 is 0 Å². The molecule has 0 aliphatic heterocycles. The van der Waals surface area contributed by atoms with E-state index >= 15 is 0 Å². The molecule has 0 aromatic rings. The first kappa shape index (κ1) is 10.9. The van der Waals surface area contributed by atoms with Crippen molar-refractivity contribution in [2.45, 2.75) is 37.0 Å². The number of thioether (sulfide) groups is 1. The fourth-order valence-electron chi connectivity index (χ4n) is 1.43. The SMILES string of the molecule is CCOC(=O)CC(N)C1(SC)CC1. The standard InChI is InChI=1S/C9H17NO2S/c1-3-12-8(11)6-7(10)9(13-2)4-5-9/h7H,3-6,10H2,1-2H3. The van der Waals surface area contributed by atoms with E-state index in [1.165, 1.54) is 0 Å². The highest BCUT2D eigenvalue weighted by atomic mass is 32.2. The van der Waals surface area contributed by atoms with Gasteiger partial charge in [-0.2, -0.15) is 11.8 Å². The van der Waals surface area contributed by atoms with E-state index in [0.717, 1.165) is 12.8 Å². The van der Waals surface area contributed by atoms with Gasteiger partial charge in [-0.05, 0) is 26.0 Å². The summed E-state index contributed by atoms with van der Waals surface area (Å²) in [4.78, 5) is 11.1. The average molecular weight is 203 g/mol. The summed E-state index contributed by atoms with van der Waals surface area (Å²) in [5.41, 5.74) is 5.93. The first-order valence-corrected chi connectivity index (χ1v) is 5.83. The number of carbonyl (C=O) groups excluding carboxylic acids is 1. The van der Waals surface area contributed by atoms with Crippen LogP contribution in [0.2, 0.25) is 0 Å². The molecule has 1 saturated carbocycles. The third-order valence-corrected chi connectivity index (χ3v) is 4.04. The fourth-order valence-corrected chi connectivity index (χ4v) is 2.33. The van der Waals surface area contributed by atoms with E-state index in [4.69, 9.17) is 10.5 Å². The van der Waals surface area contributed by atoms with Crippen molar-refractivity contribution in [3.8, 4) is 0 Å². The predicted molar refractivity (Wildman–Crippen MR) is 54.7 cm³/mol. The molecule has 0 saturated heterocycles. The van der Waals surface area contributed by atoms with Crippen LogP contribution in [0, 0.1) is 0 Å². The van der Waals surface area contributed by atoms with Crippen LogP contribution in [0.15, 0.2) is 0 Å². The molecule has 1 fully saturated rings. The predicted octanol–water partition coefficient (Wildman–Crippen LogP) is 1.16. The molecule has 1 atom stereocenters. The van der Waals surface area contributed by atoms with Crippen molar-refractivity contribution in [1.29, 1.82) is 0 Å². The van der Waals surface area contributed by atoms with Crippen LogP contribution in [0.1, 0.15) is 26.2 Å². The lowest BCUT2D eigenvalue weighted by Crippen LogP contribution is -2.36. The largest absolute Gasteiger partial charge is 0.466 e.